The lowest BCUT2D eigenvalue weighted by atomic mass is 9.96. The lowest BCUT2D eigenvalue weighted by molar-refractivity contribution is 0.0730. The number of halogens is 2. The molecule has 0 saturated carbocycles. The van der Waals surface area contributed by atoms with Gasteiger partial charge in [0.1, 0.15) is 11.5 Å². The molecule has 0 radical (unpaired) electrons. The summed E-state index contributed by atoms with van der Waals surface area (Å²) in [7, 11) is 0. The van der Waals surface area contributed by atoms with Crippen molar-refractivity contribution in [1.82, 2.24) is 15.1 Å². The maximum Gasteiger partial charge on any atom is 0.273 e. The molecule has 3 aromatic carbocycles. The number of hydrogen-bond acceptors (Lipinski definition) is 2. The van der Waals surface area contributed by atoms with Gasteiger partial charge < -0.3 is 4.90 Å². The van der Waals surface area contributed by atoms with Gasteiger partial charge in [0.2, 0.25) is 0 Å². The molecule has 4 aromatic rings. The quantitative estimate of drug-likeness (QED) is 0.435. The van der Waals surface area contributed by atoms with Crippen LogP contribution in [-0.2, 0) is 6.54 Å². The highest BCUT2D eigenvalue weighted by atomic mass is 35.5. The molecule has 2 heterocycles. The van der Waals surface area contributed by atoms with Crippen LogP contribution in [0.1, 0.15) is 38.8 Å². The van der Waals surface area contributed by atoms with Crippen LogP contribution >= 0.6 is 11.6 Å². The Morgan fingerprint density at radius 2 is 1.68 bits per heavy atom. The lowest BCUT2D eigenvalue weighted by Gasteiger charge is -2.26. The number of nitrogens with one attached hydrogen (secondary N) is 1. The van der Waals surface area contributed by atoms with E-state index in [-0.39, 0.29) is 17.8 Å². The number of fused-ring (bicyclic) bond motifs is 1. The number of carbonyl (C=O) groups excluding carboxylic acids is 1. The number of H-pyrrole nitrogens is 1. The minimum absolute atomic E-state index is 0.127. The summed E-state index contributed by atoms with van der Waals surface area (Å²) in [6.45, 7) is 2.46. The van der Waals surface area contributed by atoms with Crippen molar-refractivity contribution in [2.24, 2.45) is 0 Å². The van der Waals surface area contributed by atoms with Crippen molar-refractivity contribution in [3.63, 3.8) is 0 Å². The van der Waals surface area contributed by atoms with E-state index in [1.165, 1.54) is 12.1 Å². The predicted molar refractivity (Wildman–Crippen MR) is 118 cm³/mol. The number of aromatic amines is 1. The third kappa shape index (κ3) is 3.51. The molecular weight excluding hydrogens is 413 g/mol. The van der Waals surface area contributed by atoms with Crippen LogP contribution in [0.4, 0.5) is 4.39 Å². The molecular formula is C25H19ClFN3O. The highest BCUT2D eigenvalue weighted by Crippen LogP contribution is 2.43. The summed E-state index contributed by atoms with van der Waals surface area (Å²) in [5.74, 6) is -0.443. The van der Waals surface area contributed by atoms with Gasteiger partial charge in [0, 0.05) is 22.7 Å². The van der Waals surface area contributed by atoms with E-state index >= 15 is 0 Å². The first-order chi connectivity index (χ1) is 15.0. The molecule has 1 unspecified atom stereocenters. The van der Waals surface area contributed by atoms with E-state index in [1.54, 1.807) is 29.2 Å². The number of benzene rings is 3. The number of rotatable bonds is 4. The monoisotopic (exact) mass is 431 g/mol. The molecule has 1 N–H and O–H groups in total. The fraction of sp³-hybridized carbons (Fsp3) is 0.120. The molecule has 0 bridgehead atoms. The zero-order valence-corrected chi connectivity index (χ0v) is 17.5. The van der Waals surface area contributed by atoms with Gasteiger partial charge in [0.25, 0.3) is 5.91 Å². The van der Waals surface area contributed by atoms with Gasteiger partial charge in [-0.1, -0.05) is 65.7 Å². The second-order valence-electron chi connectivity index (χ2n) is 7.74. The van der Waals surface area contributed by atoms with Gasteiger partial charge in [-0.3, -0.25) is 9.89 Å². The Bertz CT molecular complexity index is 1250. The Hall–Kier alpha value is -3.44. The molecule has 5 rings (SSSR count). The number of aromatic nitrogens is 2. The molecule has 0 fully saturated rings. The minimum Gasteiger partial charge on any atom is -0.322 e. The van der Waals surface area contributed by atoms with Gasteiger partial charge in [0.05, 0.1) is 11.7 Å². The summed E-state index contributed by atoms with van der Waals surface area (Å²) in [5.41, 5.74) is 5.83. The molecule has 1 aliphatic rings. The Labute approximate surface area is 184 Å². The van der Waals surface area contributed by atoms with Gasteiger partial charge in [-0.15, -0.1) is 0 Å². The minimum atomic E-state index is -0.381. The summed E-state index contributed by atoms with van der Waals surface area (Å²) in [5, 5.41) is 8.01. The molecule has 0 spiro atoms. The molecule has 1 amide bonds. The van der Waals surface area contributed by atoms with Crippen LogP contribution in [0.5, 0.6) is 0 Å². The summed E-state index contributed by atoms with van der Waals surface area (Å²) in [4.78, 5) is 15.2. The number of amides is 1. The van der Waals surface area contributed by atoms with Gasteiger partial charge >= 0.3 is 0 Å². The fourth-order valence-electron chi connectivity index (χ4n) is 4.07. The molecule has 1 aliphatic heterocycles. The number of aryl methyl sites for hydroxylation is 1. The van der Waals surface area contributed by atoms with Crippen LogP contribution in [0.2, 0.25) is 5.02 Å². The van der Waals surface area contributed by atoms with Crippen LogP contribution in [0.25, 0.3) is 11.3 Å². The number of hydrogen-bond donors (Lipinski definition) is 1. The smallest absolute Gasteiger partial charge is 0.273 e. The van der Waals surface area contributed by atoms with Crippen molar-refractivity contribution in [2.45, 2.75) is 19.5 Å². The summed E-state index contributed by atoms with van der Waals surface area (Å²) in [6.07, 6.45) is 0. The largest absolute Gasteiger partial charge is 0.322 e. The van der Waals surface area contributed by atoms with E-state index in [1.807, 2.05) is 43.3 Å². The van der Waals surface area contributed by atoms with Gasteiger partial charge in [-0.25, -0.2) is 4.39 Å². The van der Waals surface area contributed by atoms with Crippen molar-refractivity contribution in [1.29, 1.82) is 0 Å². The van der Waals surface area contributed by atoms with Crippen LogP contribution in [0.3, 0.4) is 0 Å². The summed E-state index contributed by atoms with van der Waals surface area (Å²) < 4.78 is 13.6. The van der Waals surface area contributed by atoms with Crippen molar-refractivity contribution < 1.29 is 9.18 Å². The molecule has 4 nitrogen and oxygen atoms in total. The Balaban J connectivity index is 1.63. The fourth-order valence-corrected chi connectivity index (χ4v) is 4.20. The highest BCUT2D eigenvalue weighted by molar-refractivity contribution is 6.30. The number of nitrogens with zero attached hydrogens (tertiary/aromatic N) is 2. The second-order valence-corrected chi connectivity index (χ2v) is 8.18. The third-order valence-electron chi connectivity index (χ3n) is 5.64. The molecule has 6 heteroatoms. The van der Waals surface area contributed by atoms with Gasteiger partial charge in [0.15, 0.2) is 0 Å². The second kappa shape index (κ2) is 7.67. The van der Waals surface area contributed by atoms with Crippen molar-refractivity contribution in [2.75, 3.05) is 0 Å². The third-order valence-corrected chi connectivity index (χ3v) is 5.89. The van der Waals surface area contributed by atoms with Crippen molar-refractivity contribution >= 4 is 17.5 Å². The van der Waals surface area contributed by atoms with Gasteiger partial charge in [-0.2, -0.15) is 5.10 Å². The van der Waals surface area contributed by atoms with E-state index < -0.39 is 0 Å². The maximum atomic E-state index is 13.6. The van der Waals surface area contributed by atoms with E-state index in [0.717, 1.165) is 27.8 Å². The van der Waals surface area contributed by atoms with Crippen LogP contribution < -0.4 is 0 Å². The molecule has 0 saturated heterocycles. The Morgan fingerprint density at radius 1 is 1.00 bits per heavy atom. The average molecular weight is 432 g/mol. The van der Waals surface area contributed by atoms with Crippen LogP contribution in [-0.4, -0.2) is 21.0 Å². The average Bonchev–Trinajstić information content (AvgIpc) is 3.31. The van der Waals surface area contributed by atoms with E-state index in [0.29, 0.717) is 23.0 Å². The standard InChI is InChI=1S/C25H19ClFN3O/c1-15-2-4-16(5-3-15)14-30-24(18-8-12-20(27)13-9-18)21-22(28-29-23(21)25(30)31)17-6-10-19(26)11-7-17/h2-13,24H,14H2,1H3,(H,28,29). The first-order valence-electron chi connectivity index (χ1n) is 9.97. The molecule has 0 aliphatic carbocycles. The molecule has 154 valence electrons. The summed E-state index contributed by atoms with van der Waals surface area (Å²) in [6, 6.07) is 21.4. The molecule has 1 aromatic heterocycles. The van der Waals surface area contributed by atoms with Crippen molar-refractivity contribution in [3.8, 4) is 11.3 Å². The highest BCUT2D eigenvalue weighted by Gasteiger charge is 2.42. The first-order valence-corrected chi connectivity index (χ1v) is 10.4. The Kier molecular flexibility index (Phi) is 4.83. The zero-order valence-electron chi connectivity index (χ0n) is 16.8. The topological polar surface area (TPSA) is 49.0 Å². The maximum absolute atomic E-state index is 13.6. The zero-order chi connectivity index (χ0) is 21.5. The van der Waals surface area contributed by atoms with Crippen LogP contribution in [0, 0.1) is 12.7 Å². The van der Waals surface area contributed by atoms with Gasteiger partial charge in [-0.05, 0) is 42.3 Å². The molecule has 31 heavy (non-hydrogen) atoms. The van der Waals surface area contributed by atoms with E-state index in [9.17, 15) is 9.18 Å². The SMILES string of the molecule is Cc1ccc(CN2C(=O)c3[nH]nc(-c4ccc(Cl)cc4)c3C2c2ccc(F)cc2)cc1. The normalized spacial score (nSPS) is 15.4. The van der Waals surface area contributed by atoms with E-state index in [2.05, 4.69) is 10.2 Å². The van der Waals surface area contributed by atoms with Crippen molar-refractivity contribution in [3.05, 3.63) is 112 Å². The predicted octanol–water partition coefficient (Wildman–Crippen LogP) is 5.92. The first kappa shape index (κ1) is 19.5. The number of carbonyl (C=O) groups is 1. The Morgan fingerprint density at radius 3 is 2.35 bits per heavy atom. The van der Waals surface area contributed by atoms with Crippen LogP contribution in [0.15, 0.2) is 72.8 Å². The lowest BCUT2D eigenvalue weighted by Crippen LogP contribution is -2.29. The molecule has 1 atom stereocenters. The van der Waals surface area contributed by atoms with E-state index in [4.69, 9.17) is 11.6 Å². The summed E-state index contributed by atoms with van der Waals surface area (Å²) >= 11 is 6.05.